The van der Waals surface area contributed by atoms with Crippen molar-refractivity contribution in [2.24, 2.45) is 5.92 Å². The van der Waals surface area contributed by atoms with Crippen LogP contribution < -0.4 is 4.74 Å². The molecule has 0 radical (unpaired) electrons. The van der Waals surface area contributed by atoms with Gasteiger partial charge >= 0.3 is 5.97 Å². The van der Waals surface area contributed by atoms with Gasteiger partial charge in [0.15, 0.2) is 6.10 Å². The number of benzene rings is 1. The number of piperidine rings is 1. The van der Waals surface area contributed by atoms with Gasteiger partial charge in [-0.15, -0.1) is 0 Å². The highest BCUT2D eigenvalue weighted by Crippen LogP contribution is 2.29. The van der Waals surface area contributed by atoms with Crippen LogP contribution in [0.5, 0.6) is 5.75 Å². The molecular formula is C17H21Cl2NO4. The molecule has 7 heteroatoms. The summed E-state index contributed by atoms with van der Waals surface area (Å²) in [5.41, 5.74) is 0. The van der Waals surface area contributed by atoms with E-state index in [0.717, 1.165) is 12.8 Å². The Labute approximate surface area is 151 Å². The molecule has 0 bridgehead atoms. The molecule has 2 rings (SSSR count). The van der Waals surface area contributed by atoms with Crippen molar-refractivity contribution >= 4 is 35.1 Å². The van der Waals surface area contributed by atoms with E-state index < -0.39 is 12.1 Å². The topological polar surface area (TPSA) is 66.8 Å². The third-order valence-electron chi connectivity index (χ3n) is 4.14. The number of carbonyl (C=O) groups is 2. The summed E-state index contributed by atoms with van der Waals surface area (Å²) < 4.78 is 5.67. The minimum atomic E-state index is -0.799. The molecule has 132 valence electrons. The van der Waals surface area contributed by atoms with Gasteiger partial charge in [0.05, 0.1) is 5.02 Å². The van der Waals surface area contributed by atoms with E-state index in [0.29, 0.717) is 35.3 Å². The van der Waals surface area contributed by atoms with E-state index >= 15 is 0 Å². The van der Waals surface area contributed by atoms with Crippen LogP contribution in [0.1, 0.15) is 32.6 Å². The van der Waals surface area contributed by atoms with Crippen molar-refractivity contribution < 1.29 is 19.4 Å². The van der Waals surface area contributed by atoms with Gasteiger partial charge in [0.1, 0.15) is 5.75 Å². The number of halogens is 2. The first-order chi connectivity index (χ1) is 11.4. The summed E-state index contributed by atoms with van der Waals surface area (Å²) >= 11 is 11.9. The summed E-state index contributed by atoms with van der Waals surface area (Å²) in [5, 5.41) is 9.66. The van der Waals surface area contributed by atoms with Gasteiger partial charge in [0.2, 0.25) is 0 Å². The Bertz CT molecular complexity index is 608. The maximum atomic E-state index is 12.6. The number of carboxylic acid groups (broad SMARTS) is 1. The van der Waals surface area contributed by atoms with Crippen LogP contribution in [-0.2, 0) is 9.59 Å². The summed E-state index contributed by atoms with van der Waals surface area (Å²) in [4.78, 5) is 25.0. The molecule has 0 aromatic heterocycles. The summed E-state index contributed by atoms with van der Waals surface area (Å²) in [6.07, 6.45) is 1.90. The summed E-state index contributed by atoms with van der Waals surface area (Å²) in [6.45, 7) is 2.94. The van der Waals surface area contributed by atoms with E-state index in [1.54, 1.807) is 30.0 Å². The van der Waals surface area contributed by atoms with Crippen LogP contribution in [0.4, 0.5) is 0 Å². The number of amides is 1. The van der Waals surface area contributed by atoms with Gasteiger partial charge in [-0.05, 0) is 50.3 Å². The highest BCUT2D eigenvalue weighted by molar-refractivity contribution is 6.35. The third-order valence-corrected chi connectivity index (χ3v) is 4.67. The number of ether oxygens (including phenoxy) is 1. The van der Waals surface area contributed by atoms with Gasteiger partial charge < -0.3 is 14.7 Å². The van der Waals surface area contributed by atoms with Crippen LogP contribution in [0.2, 0.25) is 10.0 Å². The second-order valence-electron chi connectivity index (χ2n) is 6.06. The lowest BCUT2D eigenvalue weighted by atomic mass is 9.93. The molecule has 24 heavy (non-hydrogen) atoms. The Hall–Kier alpha value is -1.46. The smallest absolute Gasteiger partial charge is 0.303 e. The molecule has 0 aliphatic carbocycles. The Morgan fingerprint density at radius 3 is 2.83 bits per heavy atom. The van der Waals surface area contributed by atoms with Gasteiger partial charge in [-0.3, -0.25) is 9.59 Å². The van der Waals surface area contributed by atoms with Crippen LogP contribution in [0.3, 0.4) is 0 Å². The molecule has 0 spiro atoms. The zero-order valence-corrected chi connectivity index (χ0v) is 15.0. The highest BCUT2D eigenvalue weighted by atomic mass is 35.5. The first-order valence-electron chi connectivity index (χ1n) is 7.99. The number of carbonyl (C=O) groups excluding carboxylic acids is 1. The van der Waals surface area contributed by atoms with Crippen molar-refractivity contribution in [3.05, 3.63) is 28.2 Å². The largest absolute Gasteiger partial charge is 0.481 e. The minimum Gasteiger partial charge on any atom is -0.481 e. The van der Waals surface area contributed by atoms with Crippen molar-refractivity contribution in [1.82, 2.24) is 4.90 Å². The molecule has 1 aliphatic heterocycles. The number of rotatable bonds is 6. The number of aliphatic carboxylic acids is 1. The van der Waals surface area contributed by atoms with E-state index in [1.807, 2.05) is 0 Å². The first kappa shape index (κ1) is 18.9. The van der Waals surface area contributed by atoms with Crippen molar-refractivity contribution in [3.63, 3.8) is 0 Å². The number of carboxylic acids is 1. The van der Waals surface area contributed by atoms with Crippen molar-refractivity contribution in [2.45, 2.75) is 38.7 Å². The molecule has 0 saturated carbocycles. The second kappa shape index (κ2) is 8.58. The fraction of sp³-hybridized carbons (Fsp3) is 0.529. The molecule has 2 unspecified atom stereocenters. The zero-order valence-electron chi connectivity index (χ0n) is 13.5. The third kappa shape index (κ3) is 5.28. The maximum absolute atomic E-state index is 12.6. The SMILES string of the molecule is CC(Oc1ccc(Cl)cc1Cl)C(=O)N1CCCC(CCC(=O)O)C1. The van der Waals surface area contributed by atoms with E-state index in [2.05, 4.69) is 0 Å². The lowest BCUT2D eigenvalue weighted by Gasteiger charge is -2.34. The molecular weight excluding hydrogens is 353 g/mol. The summed E-state index contributed by atoms with van der Waals surface area (Å²) in [7, 11) is 0. The van der Waals surface area contributed by atoms with Crippen LogP contribution >= 0.6 is 23.2 Å². The van der Waals surface area contributed by atoms with Gasteiger partial charge in [0.25, 0.3) is 5.91 Å². The minimum absolute atomic E-state index is 0.110. The van der Waals surface area contributed by atoms with Gasteiger partial charge in [-0.25, -0.2) is 0 Å². The van der Waals surface area contributed by atoms with Gasteiger partial charge in [0, 0.05) is 24.5 Å². The highest BCUT2D eigenvalue weighted by Gasteiger charge is 2.28. The first-order valence-corrected chi connectivity index (χ1v) is 8.74. The predicted octanol–water partition coefficient (Wildman–Crippen LogP) is 3.86. The van der Waals surface area contributed by atoms with Crippen molar-refractivity contribution in [1.29, 1.82) is 0 Å². The van der Waals surface area contributed by atoms with Crippen LogP contribution in [-0.4, -0.2) is 41.1 Å². The fourth-order valence-electron chi connectivity index (χ4n) is 2.90. The number of likely N-dealkylation sites (tertiary alicyclic amines) is 1. The lowest BCUT2D eigenvalue weighted by molar-refractivity contribution is -0.140. The zero-order chi connectivity index (χ0) is 17.7. The van der Waals surface area contributed by atoms with E-state index in [4.69, 9.17) is 33.0 Å². The molecule has 2 atom stereocenters. The Balaban J connectivity index is 1.93. The summed E-state index contributed by atoms with van der Waals surface area (Å²) in [6, 6.07) is 4.86. The Morgan fingerprint density at radius 2 is 2.17 bits per heavy atom. The fourth-order valence-corrected chi connectivity index (χ4v) is 3.35. The summed E-state index contributed by atoms with van der Waals surface area (Å²) in [5.74, 6) is -0.264. The molecule has 1 amide bonds. The molecule has 1 aliphatic rings. The molecule has 1 aromatic carbocycles. The van der Waals surface area contributed by atoms with Crippen LogP contribution in [0, 0.1) is 5.92 Å². The quantitative estimate of drug-likeness (QED) is 0.821. The molecule has 1 heterocycles. The second-order valence-corrected chi connectivity index (χ2v) is 6.90. The maximum Gasteiger partial charge on any atom is 0.303 e. The van der Waals surface area contributed by atoms with Crippen molar-refractivity contribution in [2.75, 3.05) is 13.1 Å². The van der Waals surface area contributed by atoms with Crippen molar-refractivity contribution in [3.8, 4) is 5.75 Å². The monoisotopic (exact) mass is 373 g/mol. The average molecular weight is 374 g/mol. The molecule has 5 nitrogen and oxygen atoms in total. The van der Waals surface area contributed by atoms with E-state index in [-0.39, 0.29) is 18.2 Å². The number of hydrogen-bond donors (Lipinski definition) is 1. The van der Waals surface area contributed by atoms with Crippen LogP contribution in [0.15, 0.2) is 18.2 Å². The Kier molecular flexibility index (Phi) is 6.75. The van der Waals surface area contributed by atoms with Gasteiger partial charge in [-0.2, -0.15) is 0 Å². The van der Waals surface area contributed by atoms with Crippen LogP contribution in [0.25, 0.3) is 0 Å². The molecule has 1 aromatic rings. The number of nitrogens with zero attached hydrogens (tertiary/aromatic N) is 1. The number of hydrogen-bond acceptors (Lipinski definition) is 3. The van der Waals surface area contributed by atoms with Gasteiger partial charge in [-0.1, -0.05) is 23.2 Å². The molecule has 1 saturated heterocycles. The normalized spacial score (nSPS) is 19.0. The molecule has 1 N–H and O–H groups in total. The lowest BCUT2D eigenvalue weighted by Crippen LogP contribution is -2.45. The predicted molar refractivity (Wildman–Crippen MR) is 92.7 cm³/mol. The molecule has 1 fully saturated rings. The Morgan fingerprint density at radius 1 is 1.42 bits per heavy atom. The standard InChI is InChI=1S/C17H21Cl2NO4/c1-11(24-15-6-5-13(18)9-14(15)19)17(23)20-8-2-3-12(10-20)4-7-16(21)22/h5-6,9,11-12H,2-4,7-8,10H2,1H3,(H,21,22). The van der Waals surface area contributed by atoms with E-state index in [9.17, 15) is 9.59 Å². The van der Waals surface area contributed by atoms with E-state index in [1.165, 1.54) is 0 Å². The average Bonchev–Trinajstić information content (AvgIpc) is 2.55.